The molecule has 4 aromatic rings. The average molecular weight is 335 g/mol. The molecule has 1 unspecified atom stereocenters. The van der Waals surface area contributed by atoms with Gasteiger partial charge in [0.2, 0.25) is 0 Å². The van der Waals surface area contributed by atoms with Gasteiger partial charge in [0.05, 0.1) is 17.9 Å². The van der Waals surface area contributed by atoms with Crippen molar-refractivity contribution in [1.29, 1.82) is 5.26 Å². The van der Waals surface area contributed by atoms with E-state index in [1.54, 1.807) is 6.20 Å². The Morgan fingerprint density at radius 1 is 1.42 bits per heavy atom. The van der Waals surface area contributed by atoms with Crippen molar-refractivity contribution >= 4 is 22.4 Å². The van der Waals surface area contributed by atoms with Gasteiger partial charge in [0.15, 0.2) is 0 Å². The summed E-state index contributed by atoms with van der Waals surface area (Å²) in [5.74, 6) is 0. The zero-order valence-corrected chi connectivity index (χ0v) is 13.4. The predicted molar refractivity (Wildman–Crippen MR) is 91.3 cm³/mol. The standard InChI is InChI=1S/C16H13N7S/c17-4-12-3-10(8-24-12)14(5-18)23-7-11(6-22-23)15-13-1-2-19-16(13)21-9-20-15/h1-3,6-9,14H,5,18H2,(H,19,20,21). The van der Waals surface area contributed by atoms with Gasteiger partial charge in [-0.25, -0.2) is 9.97 Å². The molecular formula is C16H13N7S. The summed E-state index contributed by atoms with van der Waals surface area (Å²) in [4.78, 5) is 12.3. The summed E-state index contributed by atoms with van der Waals surface area (Å²) in [6.07, 6.45) is 7.07. The minimum Gasteiger partial charge on any atom is -0.346 e. The van der Waals surface area contributed by atoms with E-state index < -0.39 is 0 Å². The van der Waals surface area contributed by atoms with Gasteiger partial charge in [0.1, 0.15) is 22.9 Å². The van der Waals surface area contributed by atoms with E-state index in [2.05, 4.69) is 26.1 Å². The fraction of sp³-hybridized carbons (Fsp3) is 0.125. The van der Waals surface area contributed by atoms with Gasteiger partial charge in [0, 0.05) is 29.9 Å². The molecule has 118 valence electrons. The largest absolute Gasteiger partial charge is 0.346 e. The third-order valence-electron chi connectivity index (χ3n) is 3.89. The van der Waals surface area contributed by atoms with Crippen LogP contribution in [0.25, 0.3) is 22.3 Å². The van der Waals surface area contributed by atoms with Crippen molar-refractivity contribution in [1.82, 2.24) is 24.7 Å². The smallest absolute Gasteiger partial charge is 0.141 e. The van der Waals surface area contributed by atoms with Crippen LogP contribution in [0.2, 0.25) is 0 Å². The molecule has 0 amide bonds. The lowest BCUT2D eigenvalue weighted by atomic mass is 10.1. The van der Waals surface area contributed by atoms with E-state index in [4.69, 9.17) is 11.0 Å². The van der Waals surface area contributed by atoms with Crippen molar-refractivity contribution in [3.8, 4) is 17.3 Å². The highest BCUT2D eigenvalue weighted by atomic mass is 32.1. The van der Waals surface area contributed by atoms with Crippen molar-refractivity contribution in [3.05, 3.63) is 52.9 Å². The van der Waals surface area contributed by atoms with Crippen molar-refractivity contribution in [2.45, 2.75) is 6.04 Å². The van der Waals surface area contributed by atoms with Gasteiger partial charge in [-0.15, -0.1) is 11.3 Å². The third kappa shape index (κ3) is 2.36. The van der Waals surface area contributed by atoms with Gasteiger partial charge in [0.25, 0.3) is 0 Å². The molecule has 4 heterocycles. The number of thiophene rings is 1. The Bertz CT molecular complexity index is 1040. The minimum absolute atomic E-state index is 0.111. The van der Waals surface area contributed by atoms with Crippen LogP contribution in [-0.4, -0.2) is 31.3 Å². The van der Waals surface area contributed by atoms with Crippen LogP contribution in [0.1, 0.15) is 16.5 Å². The van der Waals surface area contributed by atoms with E-state index in [1.807, 2.05) is 34.6 Å². The first-order chi connectivity index (χ1) is 11.8. The lowest BCUT2D eigenvalue weighted by Crippen LogP contribution is -2.20. The Balaban J connectivity index is 1.74. The first-order valence-corrected chi connectivity index (χ1v) is 8.19. The van der Waals surface area contributed by atoms with Crippen LogP contribution < -0.4 is 5.73 Å². The van der Waals surface area contributed by atoms with Gasteiger partial charge < -0.3 is 10.7 Å². The number of fused-ring (bicyclic) bond motifs is 1. The van der Waals surface area contributed by atoms with Crippen LogP contribution in [0.3, 0.4) is 0 Å². The fourth-order valence-corrected chi connectivity index (χ4v) is 3.46. The number of aromatic nitrogens is 5. The molecule has 4 rings (SSSR count). The van der Waals surface area contributed by atoms with Gasteiger partial charge in [-0.05, 0) is 23.1 Å². The van der Waals surface area contributed by atoms with Crippen LogP contribution in [0.15, 0.2) is 42.4 Å². The molecular weight excluding hydrogens is 322 g/mol. The molecule has 0 spiro atoms. The van der Waals surface area contributed by atoms with Crippen LogP contribution in [-0.2, 0) is 0 Å². The summed E-state index contributed by atoms with van der Waals surface area (Å²) in [5, 5.41) is 16.4. The van der Waals surface area contributed by atoms with E-state index in [9.17, 15) is 0 Å². The summed E-state index contributed by atoms with van der Waals surface area (Å²) >= 11 is 1.41. The molecule has 0 saturated heterocycles. The first-order valence-electron chi connectivity index (χ1n) is 7.31. The van der Waals surface area contributed by atoms with E-state index in [-0.39, 0.29) is 6.04 Å². The predicted octanol–water partition coefficient (Wildman–Crippen LogP) is 2.30. The molecule has 0 bridgehead atoms. The van der Waals surface area contributed by atoms with Crippen LogP contribution in [0.5, 0.6) is 0 Å². The van der Waals surface area contributed by atoms with Crippen LogP contribution in [0, 0.1) is 11.3 Å². The summed E-state index contributed by atoms with van der Waals surface area (Å²) < 4.78 is 1.82. The van der Waals surface area contributed by atoms with Crippen molar-refractivity contribution in [2.24, 2.45) is 5.73 Å². The second kappa shape index (κ2) is 5.88. The lowest BCUT2D eigenvalue weighted by molar-refractivity contribution is 0.533. The number of nitrogens with zero attached hydrogens (tertiary/aromatic N) is 5. The maximum Gasteiger partial charge on any atom is 0.141 e. The Hall–Kier alpha value is -3.02. The molecule has 7 nitrogen and oxygen atoms in total. The van der Waals surface area contributed by atoms with Gasteiger partial charge in [-0.2, -0.15) is 10.4 Å². The van der Waals surface area contributed by atoms with E-state index in [0.717, 1.165) is 27.9 Å². The number of hydrogen-bond donors (Lipinski definition) is 2. The van der Waals surface area contributed by atoms with Crippen molar-refractivity contribution in [2.75, 3.05) is 6.54 Å². The summed E-state index contributed by atoms with van der Waals surface area (Å²) in [6, 6.07) is 5.85. The lowest BCUT2D eigenvalue weighted by Gasteiger charge is -2.13. The maximum absolute atomic E-state index is 9.00. The molecule has 0 saturated carbocycles. The number of H-pyrrole nitrogens is 1. The number of nitrogens with two attached hydrogens (primary N) is 1. The summed E-state index contributed by atoms with van der Waals surface area (Å²) in [6.45, 7) is 0.395. The Morgan fingerprint density at radius 3 is 3.12 bits per heavy atom. The second-order valence-corrected chi connectivity index (χ2v) is 6.19. The molecule has 1 atom stereocenters. The molecule has 0 aliphatic carbocycles. The Kier molecular flexibility index (Phi) is 3.57. The van der Waals surface area contributed by atoms with Crippen molar-refractivity contribution in [3.63, 3.8) is 0 Å². The highest BCUT2D eigenvalue weighted by molar-refractivity contribution is 7.10. The normalized spacial score (nSPS) is 12.3. The number of nitrogens with one attached hydrogen (secondary N) is 1. The zero-order valence-electron chi connectivity index (χ0n) is 12.5. The molecule has 0 aliphatic heterocycles. The van der Waals surface area contributed by atoms with Gasteiger partial charge in [-0.1, -0.05) is 0 Å². The quantitative estimate of drug-likeness (QED) is 0.595. The van der Waals surface area contributed by atoms with Gasteiger partial charge in [-0.3, -0.25) is 4.68 Å². The highest BCUT2D eigenvalue weighted by Gasteiger charge is 2.17. The highest BCUT2D eigenvalue weighted by Crippen LogP contribution is 2.27. The SMILES string of the molecule is N#Cc1cc(C(CN)n2cc(-c3ncnc4[nH]ccc34)cn2)cs1. The molecule has 3 N–H and O–H groups in total. The van der Waals surface area contributed by atoms with Crippen LogP contribution >= 0.6 is 11.3 Å². The number of aromatic amines is 1. The number of hydrogen-bond acceptors (Lipinski definition) is 6. The van der Waals surface area contributed by atoms with E-state index >= 15 is 0 Å². The number of rotatable bonds is 4. The molecule has 4 aromatic heterocycles. The topological polar surface area (TPSA) is 109 Å². The van der Waals surface area contributed by atoms with E-state index in [1.165, 1.54) is 17.7 Å². The van der Waals surface area contributed by atoms with E-state index in [0.29, 0.717) is 11.4 Å². The van der Waals surface area contributed by atoms with Crippen molar-refractivity contribution < 1.29 is 0 Å². The maximum atomic E-state index is 9.00. The summed E-state index contributed by atoms with van der Waals surface area (Å²) in [5.41, 5.74) is 9.44. The molecule has 0 fully saturated rings. The third-order valence-corrected chi connectivity index (χ3v) is 4.74. The summed E-state index contributed by atoms with van der Waals surface area (Å²) in [7, 11) is 0. The Morgan fingerprint density at radius 2 is 2.33 bits per heavy atom. The molecule has 0 radical (unpaired) electrons. The fourth-order valence-electron chi connectivity index (χ4n) is 2.71. The van der Waals surface area contributed by atoms with Crippen LogP contribution in [0.4, 0.5) is 0 Å². The zero-order chi connectivity index (χ0) is 16.5. The molecule has 0 aliphatic rings. The first kappa shape index (κ1) is 14.6. The Labute approximate surface area is 141 Å². The van der Waals surface area contributed by atoms with Gasteiger partial charge >= 0.3 is 0 Å². The molecule has 8 heteroatoms. The minimum atomic E-state index is -0.111. The molecule has 0 aromatic carbocycles. The average Bonchev–Trinajstić information content (AvgIpc) is 3.35. The number of nitriles is 1. The monoisotopic (exact) mass is 335 g/mol. The molecule has 24 heavy (non-hydrogen) atoms. The second-order valence-electron chi connectivity index (χ2n) is 5.28.